The molecule has 1 heterocycles. The second kappa shape index (κ2) is 8.95. The Morgan fingerprint density at radius 1 is 1.03 bits per heavy atom. The number of hydrogen-bond acceptors (Lipinski definition) is 6. The van der Waals surface area contributed by atoms with Gasteiger partial charge < -0.3 is 15.7 Å². The van der Waals surface area contributed by atoms with E-state index in [-0.39, 0.29) is 10.9 Å². The number of alkyl halides is 5. The molecule has 34 heavy (non-hydrogen) atoms. The first-order chi connectivity index (χ1) is 15.8. The number of nitrogens with two attached hydrogens (primary N) is 2. The normalized spacial score (nSPS) is 14.4. The molecule has 5 N–H and O–H groups in total. The van der Waals surface area contributed by atoms with Crippen molar-refractivity contribution in [3.63, 3.8) is 0 Å². The van der Waals surface area contributed by atoms with Gasteiger partial charge in [0.15, 0.2) is 5.60 Å². The molecule has 0 saturated carbocycles. The summed E-state index contributed by atoms with van der Waals surface area (Å²) < 4.78 is 100. The van der Waals surface area contributed by atoms with Gasteiger partial charge in [-0.15, -0.1) is 13.2 Å². The van der Waals surface area contributed by atoms with Crippen molar-refractivity contribution in [1.29, 1.82) is 0 Å². The van der Waals surface area contributed by atoms with Gasteiger partial charge in [0.05, 0.1) is 12.1 Å². The standard InChI is InChI=1S/C20H16F7N5O2/c21-12-2-4-14(15(22)8-12)18(33,9-32(29)10-30-28)19(23,24)17-6-1-11-7-13(34-20(25,26)27)3-5-16(11)31-17/h1-8,10,33H,9,28-29H2/b30-10-. The van der Waals surface area contributed by atoms with Crippen LogP contribution in [0.15, 0.2) is 53.6 Å². The van der Waals surface area contributed by atoms with E-state index in [9.17, 15) is 27.1 Å². The Morgan fingerprint density at radius 2 is 1.74 bits per heavy atom. The summed E-state index contributed by atoms with van der Waals surface area (Å²) in [4.78, 5) is 3.72. The first kappa shape index (κ1) is 25.0. The number of aromatic nitrogens is 1. The molecule has 0 aliphatic heterocycles. The predicted molar refractivity (Wildman–Crippen MR) is 106 cm³/mol. The first-order valence-electron chi connectivity index (χ1n) is 9.24. The van der Waals surface area contributed by atoms with E-state index >= 15 is 8.78 Å². The zero-order chi connectivity index (χ0) is 25.3. The summed E-state index contributed by atoms with van der Waals surface area (Å²) in [5.74, 6) is 2.90. The molecule has 0 aliphatic carbocycles. The summed E-state index contributed by atoms with van der Waals surface area (Å²) in [5, 5.41) is 14.6. The number of hydrazine groups is 1. The molecule has 1 unspecified atom stereocenters. The number of fused-ring (bicyclic) bond motifs is 1. The van der Waals surface area contributed by atoms with Gasteiger partial charge in [-0.3, -0.25) is 5.01 Å². The lowest BCUT2D eigenvalue weighted by Crippen LogP contribution is -2.53. The van der Waals surface area contributed by atoms with Crippen LogP contribution in [0.1, 0.15) is 11.3 Å². The Kier molecular flexibility index (Phi) is 6.57. The quantitative estimate of drug-likeness (QED) is 0.154. The number of aliphatic hydroxyl groups is 1. The van der Waals surface area contributed by atoms with Gasteiger partial charge in [0.1, 0.15) is 29.4 Å². The molecule has 0 fully saturated rings. The highest BCUT2D eigenvalue weighted by molar-refractivity contribution is 5.80. The number of hydrazone groups is 1. The smallest absolute Gasteiger partial charge is 0.406 e. The molecule has 0 amide bonds. The molecule has 0 aliphatic rings. The molecule has 0 saturated heterocycles. The SMILES string of the molecule is N/N=C\N(N)CC(O)(c1ccc(F)cc1F)C(F)(F)c1ccc2cc(OC(F)(F)F)ccc2n1. The van der Waals surface area contributed by atoms with E-state index in [2.05, 4.69) is 14.8 Å². The van der Waals surface area contributed by atoms with Crippen molar-refractivity contribution in [2.24, 2.45) is 16.8 Å². The molecule has 0 bridgehead atoms. The Hall–Kier alpha value is -3.65. The molecule has 3 aromatic rings. The molecule has 7 nitrogen and oxygen atoms in total. The molecular formula is C20H16F7N5O2. The molecular weight excluding hydrogens is 475 g/mol. The van der Waals surface area contributed by atoms with Gasteiger partial charge in [-0.05, 0) is 36.4 Å². The molecule has 182 valence electrons. The van der Waals surface area contributed by atoms with Gasteiger partial charge in [-0.25, -0.2) is 19.6 Å². The van der Waals surface area contributed by atoms with E-state index in [0.717, 1.165) is 30.3 Å². The Morgan fingerprint density at radius 3 is 2.35 bits per heavy atom. The molecule has 14 heteroatoms. The number of ether oxygens (including phenoxy) is 1. The lowest BCUT2D eigenvalue weighted by Gasteiger charge is -2.38. The number of pyridine rings is 1. The summed E-state index contributed by atoms with van der Waals surface area (Å²) in [6, 6.07) is 6.08. The summed E-state index contributed by atoms with van der Waals surface area (Å²) >= 11 is 0. The van der Waals surface area contributed by atoms with Gasteiger partial charge in [0.25, 0.3) is 0 Å². The van der Waals surface area contributed by atoms with Gasteiger partial charge in [0.2, 0.25) is 0 Å². The third-order valence-corrected chi connectivity index (χ3v) is 4.74. The zero-order valence-corrected chi connectivity index (χ0v) is 16.9. The summed E-state index contributed by atoms with van der Waals surface area (Å²) in [6.45, 7) is -1.17. The number of hydrogen-bond donors (Lipinski definition) is 3. The van der Waals surface area contributed by atoms with Crippen LogP contribution in [-0.4, -0.2) is 34.3 Å². The van der Waals surface area contributed by atoms with Crippen LogP contribution >= 0.6 is 0 Å². The van der Waals surface area contributed by atoms with Crippen molar-refractivity contribution in [3.8, 4) is 5.75 Å². The van der Waals surface area contributed by atoms with Crippen molar-refractivity contribution in [2.45, 2.75) is 17.9 Å². The summed E-state index contributed by atoms with van der Waals surface area (Å²) in [5.41, 5.74) is -5.67. The number of benzene rings is 2. The second-order valence-electron chi connectivity index (χ2n) is 7.09. The second-order valence-corrected chi connectivity index (χ2v) is 7.09. The van der Waals surface area contributed by atoms with Crippen LogP contribution in [0.5, 0.6) is 5.75 Å². The molecule has 0 spiro atoms. The van der Waals surface area contributed by atoms with E-state index in [1.165, 1.54) is 0 Å². The van der Waals surface area contributed by atoms with Crippen LogP contribution in [-0.2, 0) is 11.5 Å². The third kappa shape index (κ3) is 4.97. The maximum Gasteiger partial charge on any atom is 0.573 e. The van der Waals surface area contributed by atoms with Gasteiger partial charge in [-0.1, -0.05) is 6.07 Å². The average molecular weight is 491 g/mol. The molecule has 3 rings (SSSR count). The van der Waals surface area contributed by atoms with E-state index in [1.54, 1.807) is 0 Å². The fourth-order valence-corrected chi connectivity index (χ4v) is 3.26. The number of nitrogens with zero attached hydrogens (tertiary/aromatic N) is 3. The van der Waals surface area contributed by atoms with Crippen LogP contribution < -0.4 is 16.4 Å². The van der Waals surface area contributed by atoms with E-state index in [1.807, 2.05) is 0 Å². The van der Waals surface area contributed by atoms with Crippen LogP contribution in [0.2, 0.25) is 0 Å². The topological polar surface area (TPSA) is 110 Å². The molecule has 2 aromatic carbocycles. The number of halogens is 7. The maximum atomic E-state index is 15.7. The minimum atomic E-state index is -4.97. The Balaban J connectivity index is 2.12. The highest BCUT2D eigenvalue weighted by Crippen LogP contribution is 2.46. The Labute approximate surface area is 187 Å². The highest BCUT2D eigenvalue weighted by Gasteiger charge is 2.58. The van der Waals surface area contributed by atoms with Crippen molar-refractivity contribution in [2.75, 3.05) is 6.54 Å². The summed E-state index contributed by atoms with van der Waals surface area (Å²) in [6.07, 6.45) is -4.29. The van der Waals surface area contributed by atoms with Gasteiger partial charge in [-0.2, -0.15) is 13.9 Å². The fourth-order valence-electron chi connectivity index (χ4n) is 3.26. The van der Waals surface area contributed by atoms with Crippen LogP contribution in [0, 0.1) is 11.6 Å². The molecule has 1 aromatic heterocycles. The average Bonchev–Trinajstić information content (AvgIpc) is 2.72. The summed E-state index contributed by atoms with van der Waals surface area (Å²) in [7, 11) is 0. The third-order valence-electron chi connectivity index (χ3n) is 4.74. The lowest BCUT2D eigenvalue weighted by molar-refractivity contribution is -0.274. The van der Waals surface area contributed by atoms with E-state index in [0.29, 0.717) is 29.5 Å². The van der Waals surface area contributed by atoms with Gasteiger partial charge in [0, 0.05) is 17.0 Å². The Bertz CT molecular complexity index is 1220. The number of rotatable bonds is 7. The van der Waals surface area contributed by atoms with Crippen LogP contribution in [0.4, 0.5) is 30.7 Å². The maximum absolute atomic E-state index is 15.7. The molecule has 1 atom stereocenters. The zero-order valence-electron chi connectivity index (χ0n) is 16.9. The van der Waals surface area contributed by atoms with Crippen LogP contribution in [0.3, 0.4) is 0 Å². The lowest BCUT2D eigenvalue weighted by atomic mass is 9.84. The first-order valence-corrected chi connectivity index (χ1v) is 9.24. The minimum absolute atomic E-state index is 0.00789. The highest BCUT2D eigenvalue weighted by atomic mass is 19.4. The minimum Gasteiger partial charge on any atom is -0.406 e. The predicted octanol–water partition coefficient (Wildman–Crippen LogP) is 3.47. The van der Waals surface area contributed by atoms with Crippen molar-refractivity contribution in [3.05, 3.63) is 71.4 Å². The van der Waals surface area contributed by atoms with Crippen molar-refractivity contribution >= 4 is 17.2 Å². The van der Waals surface area contributed by atoms with Crippen LogP contribution in [0.25, 0.3) is 10.9 Å². The van der Waals surface area contributed by atoms with E-state index in [4.69, 9.17) is 11.7 Å². The van der Waals surface area contributed by atoms with E-state index < -0.39 is 53.1 Å². The monoisotopic (exact) mass is 491 g/mol. The van der Waals surface area contributed by atoms with Crippen molar-refractivity contribution < 1.29 is 40.6 Å². The largest absolute Gasteiger partial charge is 0.573 e. The fraction of sp³-hybridized carbons (Fsp3) is 0.200. The van der Waals surface area contributed by atoms with Gasteiger partial charge >= 0.3 is 12.3 Å². The molecule has 0 radical (unpaired) electrons. The van der Waals surface area contributed by atoms with Crippen molar-refractivity contribution in [1.82, 2.24) is 9.99 Å².